The van der Waals surface area contributed by atoms with Crippen LogP contribution in [0.2, 0.25) is 0 Å². The zero-order chi connectivity index (χ0) is 15.0. The maximum absolute atomic E-state index is 12.9. The Labute approximate surface area is 132 Å². The molecule has 108 valence electrons. The average molecular weight is 346 g/mol. The van der Waals surface area contributed by atoms with E-state index >= 15 is 0 Å². The van der Waals surface area contributed by atoms with E-state index in [4.69, 9.17) is 0 Å². The van der Waals surface area contributed by atoms with Crippen molar-refractivity contribution in [3.05, 3.63) is 57.6 Å². The molecule has 4 heteroatoms. The van der Waals surface area contributed by atoms with E-state index in [0.29, 0.717) is 17.8 Å². The first-order valence-corrected chi connectivity index (χ1v) is 7.76. The lowest BCUT2D eigenvalue weighted by Crippen LogP contribution is -2.35. The number of benzene rings is 2. The van der Waals surface area contributed by atoms with Crippen LogP contribution in [0.25, 0.3) is 0 Å². The van der Waals surface area contributed by atoms with Gasteiger partial charge in [-0.05, 0) is 59.0 Å². The van der Waals surface area contributed by atoms with Crippen LogP contribution in [0, 0.1) is 6.92 Å². The molecule has 2 aromatic carbocycles. The van der Waals surface area contributed by atoms with E-state index in [0.717, 1.165) is 28.4 Å². The fourth-order valence-electron chi connectivity index (χ4n) is 2.79. The number of aryl methyl sites for hydroxylation is 2. The van der Waals surface area contributed by atoms with Gasteiger partial charge in [-0.25, -0.2) is 0 Å². The van der Waals surface area contributed by atoms with Gasteiger partial charge in [-0.3, -0.25) is 4.79 Å². The van der Waals surface area contributed by atoms with Crippen LogP contribution in [0.15, 0.2) is 40.9 Å². The van der Waals surface area contributed by atoms with Crippen molar-refractivity contribution < 1.29 is 9.90 Å². The molecule has 1 heterocycles. The quantitative estimate of drug-likeness (QED) is 0.846. The molecule has 0 unspecified atom stereocenters. The molecule has 0 aromatic heterocycles. The zero-order valence-electron chi connectivity index (χ0n) is 11.8. The van der Waals surface area contributed by atoms with E-state index in [1.165, 1.54) is 0 Å². The summed E-state index contributed by atoms with van der Waals surface area (Å²) in [5.74, 6) is 0.0948. The highest BCUT2D eigenvalue weighted by molar-refractivity contribution is 9.10. The van der Waals surface area contributed by atoms with Gasteiger partial charge in [-0.2, -0.15) is 0 Å². The molecule has 0 spiro atoms. The molecule has 0 fully saturated rings. The van der Waals surface area contributed by atoms with E-state index in [1.54, 1.807) is 11.0 Å². The Morgan fingerprint density at radius 2 is 2.00 bits per heavy atom. The molecular weight excluding hydrogens is 330 g/mol. The number of halogens is 1. The van der Waals surface area contributed by atoms with Crippen LogP contribution in [0.3, 0.4) is 0 Å². The summed E-state index contributed by atoms with van der Waals surface area (Å²) in [6.07, 6.45) is 1.80. The number of aromatic hydroxyl groups is 1. The summed E-state index contributed by atoms with van der Waals surface area (Å²) in [7, 11) is 0. The molecule has 1 aliphatic rings. The molecule has 0 saturated heterocycles. The molecule has 3 rings (SSSR count). The van der Waals surface area contributed by atoms with Gasteiger partial charge in [0, 0.05) is 11.0 Å². The molecule has 1 N–H and O–H groups in total. The fourth-order valence-corrected chi connectivity index (χ4v) is 3.23. The predicted molar refractivity (Wildman–Crippen MR) is 87.0 cm³/mol. The molecule has 2 aromatic rings. The summed E-state index contributed by atoms with van der Waals surface area (Å²) in [5, 5.41) is 10.1. The highest BCUT2D eigenvalue weighted by Crippen LogP contribution is 2.37. The third-order valence-corrected chi connectivity index (χ3v) is 4.92. The maximum atomic E-state index is 12.9. The summed E-state index contributed by atoms with van der Waals surface area (Å²) < 4.78 is 0.817. The highest BCUT2D eigenvalue weighted by atomic mass is 79.9. The van der Waals surface area contributed by atoms with Crippen molar-refractivity contribution in [2.45, 2.75) is 19.8 Å². The Balaban J connectivity index is 2.07. The second-order valence-corrected chi connectivity index (χ2v) is 6.07. The van der Waals surface area contributed by atoms with Crippen LogP contribution >= 0.6 is 15.9 Å². The number of phenolic OH excluding ortho intramolecular Hbond substituents is 1. The van der Waals surface area contributed by atoms with Gasteiger partial charge in [0.15, 0.2) is 0 Å². The first kappa shape index (κ1) is 14.1. The van der Waals surface area contributed by atoms with Gasteiger partial charge in [0.1, 0.15) is 5.75 Å². The summed E-state index contributed by atoms with van der Waals surface area (Å²) in [6.45, 7) is 2.59. The average Bonchev–Trinajstić information content (AvgIpc) is 2.49. The molecule has 3 nitrogen and oxygen atoms in total. The van der Waals surface area contributed by atoms with Crippen molar-refractivity contribution in [1.29, 1.82) is 0 Å². The van der Waals surface area contributed by atoms with Crippen molar-refractivity contribution >= 4 is 27.5 Å². The summed E-state index contributed by atoms with van der Waals surface area (Å²) in [5.41, 5.74) is 3.34. The van der Waals surface area contributed by atoms with Crippen molar-refractivity contribution in [2.75, 3.05) is 11.4 Å². The lowest BCUT2D eigenvalue weighted by molar-refractivity contribution is 0.0983. The minimum Gasteiger partial charge on any atom is -0.506 e. The predicted octanol–water partition coefficient (Wildman–Crippen LogP) is 4.06. The number of fused-ring (bicyclic) bond motifs is 1. The van der Waals surface area contributed by atoms with E-state index in [-0.39, 0.29) is 11.7 Å². The molecule has 0 aliphatic carbocycles. The van der Waals surface area contributed by atoms with Crippen molar-refractivity contribution in [3.8, 4) is 5.75 Å². The lowest BCUT2D eigenvalue weighted by Gasteiger charge is -2.30. The smallest absolute Gasteiger partial charge is 0.259 e. The van der Waals surface area contributed by atoms with Gasteiger partial charge in [0.2, 0.25) is 0 Å². The number of hydrogen-bond donors (Lipinski definition) is 1. The first-order chi connectivity index (χ1) is 10.1. The van der Waals surface area contributed by atoms with Crippen molar-refractivity contribution in [2.24, 2.45) is 0 Å². The Hall–Kier alpha value is -1.81. The minimum absolute atomic E-state index is 0.0759. The highest BCUT2D eigenvalue weighted by Gasteiger charge is 2.27. The number of hydrogen-bond acceptors (Lipinski definition) is 2. The van der Waals surface area contributed by atoms with Crippen molar-refractivity contribution in [3.63, 3.8) is 0 Å². The Bertz CT molecular complexity index is 712. The number of carbonyl (C=O) groups excluding carboxylic acids is 1. The SMILES string of the molecule is Cc1cccc(C(=O)N2CCCc3cccc(O)c32)c1Br. The number of rotatable bonds is 1. The van der Waals surface area contributed by atoms with Gasteiger partial charge in [-0.15, -0.1) is 0 Å². The van der Waals surface area contributed by atoms with Gasteiger partial charge in [0.25, 0.3) is 5.91 Å². The van der Waals surface area contributed by atoms with Gasteiger partial charge < -0.3 is 10.0 Å². The monoisotopic (exact) mass is 345 g/mol. The molecule has 0 saturated carbocycles. The zero-order valence-corrected chi connectivity index (χ0v) is 13.4. The molecule has 0 radical (unpaired) electrons. The van der Waals surface area contributed by atoms with Crippen LogP contribution in [0.1, 0.15) is 27.9 Å². The maximum Gasteiger partial charge on any atom is 0.259 e. The van der Waals surface area contributed by atoms with Gasteiger partial charge in [0.05, 0.1) is 11.3 Å². The largest absolute Gasteiger partial charge is 0.506 e. The van der Waals surface area contributed by atoms with Gasteiger partial charge in [-0.1, -0.05) is 24.3 Å². The van der Waals surface area contributed by atoms with E-state index in [2.05, 4.69) is 15.9 Å². The Kier molecular flexibility index (Phi) is 3.72. The molecule has 1 aliphatic heterocycles. The number of nitrogens with zero attached hydrogens (tertiary/aromatic N) is 1. The van der Waals surface area contributed by atoms with Crippen LogP contribution in [0.4, 0.5) is 5.69 Å². The number of carbonyl (C=O) groups is 1. The fraction of sp³-hybridized carbons (Fsp3) is 0.235. The third-order valence-electron chi connectivity index (χ3n) is 3.86. The molecule has 1 amide bonds. The summed E-state index contributed by atoms with van der Waals surface area (Å²) in [4.78, 5) is 14.6. The molecular formula is C17H16BrNO2. The van der Waals surface area contributed by atoms with Crippen LogP contribution < -0.4 is 4.90 Å². The second kappa shape index (κ2) is 5.53. The number of phenols is 1. The standard InChI is InChI=1S/C17H16BrNO2/c1-11-5-2-8-13(15(11)18)17(21)19-10-4-7-12-6-3-9-14(20)16(12)19/h2-3,5-6,8-9,20H,4,7,10H2,1H3. The lowest BCUT2D eigenvalue weighted by atomic mass is 9.99. The van der Waals surface area contributed by atoms with E-state index in [1.807, 2.05) is 37.3 Å². The first-order valence-electron chi connectivity index (χ1n) is 6.97. The minimum atomic E-state index is -0.0759. The van der Waals surface area contributed by atoms with Crippen molar-refractivity contribution in [1.82, 2.24) is 0 Å². The normalized spacial score (nSPS) is 13.9. The van der Waals surface area contributed by atoms with Gasteiger partial charge >= 0.3 is 0 Å². The summed E-state index contributed by atoms with van der Waals surface area (Å²) in [6, 6.07) is 11.1. The molecule has 0 bridgehead atoms. The van der Waals surface area contributed by atoms with E-state index in [9.17, 15) is 9.90 Å². The Morgan fingerprint density at radius 3 is 2.81 bits per heavy atom. The number of amides is 1. The van der Waals surface area contributed by atoms with Crippen LogP contribution in [-0.4, -0.2) is 17.6 Å². The third kappa shape index (κ3) is 2.44. The number of anilines is 1. The topological polar surface area (TPSA) is 40.5 Å². The molecule has 0 atom stereocenters. The molecule has 21 heavy (non-hydrogen) atoms. The Morgan fingerprint density at radius 1 is 1.24 bits per heavy atom. The van der Waals surface area contributed by atoms with Crippen LogP contribution in [0.5, 0.6) is 5.75 Å². The van der Waals surface area contributed by atoms with E-state index < -0.39 is 0 Å². The number of para-hydroxylation sites is 1. The summed E-state index contributed by atoms with van der Waals surface area (Å²) >= 11 is 3.50. The van der Waals surface area contributed by atoms with Crippen LogP contribution in [-0.2, 0) is 6.42 Å². The second-order valence-electron chi connectivity index (χ2n) is 5.28.